The molecule has 5 heteroatoms. The van der Waals surface area contributed by atoms with E-state index in [1.807, 2.05) is 37.5 Å². The Morgan fingerprint density at radius 1 is 1.33 bits per heavy atom. The molecule has 0 aliphatic carbocycles. The van der Waals surface area contributed by atoms with Crippen LogP contribution in [-0.4, -0.2) is 22.9 Å². The van der Waals surface area contributed by atoms with Crippen LogP contribution in [-0.2, 0) is 9.53 Å². The third-order valence-corrected chi connectivity index (χ3v) is 3.65. The van der Waals surface area contributed by atoms with E-state index in [2.05, 4.69) is 0 Å². The highest BCUT2D eigenvalue weighted by Gasteiger charge is 2.27. The fraction of sp³-hybridized carbons (Fsp3) is 0.375. The third-order valence-electron chi connectivity index (χ3n) is 3.41. The number of nitrogens with zero attached hydrogens (tertiary/aromatic N) is 1. The number of ether oxygens (including phenoxy) is 1. The summed E-state index contributed by atoms with van der Waals surface area (Å²) in [7, 11) is 0. The van der Waals surface area contributed by atoms with Gasteiger partial charge in [-0.05, 0) is 51.5 Å². The molecule has 4 nitrogen and oxygen atoms in total. The van der Waals surface area contributed by atoms with E-state index in [1.54, 1.807) is 13.0 Å². The van der Waals surface area contributed by atoms with Gasteiger partial charge in [0.25, 0.3) is 5.78 Å². The van der Waals surface area contributed by atoms with Crippen LogP contribution in [0.2, 0.25) is 5.02 Å². The van der Waals surface area contributed by atoms with Gasteiger partial charge in [-0.25, -0.2) is 4.79 Å². The lowest BCUT2D eigenvalue weighted by molar-refractivity contribution is -0.137. The summed E-state index contributed by atoms with van der Waals surface area (Å²) in [5.74, 6) is -1.44. The maximum Gasteiger partial charge on any atom is 0.381 e. The van der Waals surface area contributed by atoms with Crippen LogP contribution in [0.15, 0.2) is 18.2 Å². The number of hydrogen-bond acceptors (Lipinski definition) is 3. The van der Waals surface area contributed by atoms with Crippen LogP contribution in [0, 0.1) is 6.92 Å². The molecule has 0 bridgehead atoms. The number of aryl methyl sites for hydroxylation is 1. The summed E-state index contributed by atoms with van der Waals surface area (Å²) in [6.45, 7) is 7.61. The first-order valence-electron chi connectivity index (χ1n) is 6.90. The number of ketones is 1. The van der Waals surface area contributed by atoms with E-state index >= 15 is 0 Å². The normalized spacial score (nSPS) is 11.1. The number of halogens is 1. The molecule has 0 atom stereocenters. The van der Waals surface area contributed by atoms with Gasteiger partial charge in [0, 0.05) is 22.0 Å². The van der Waals surface area contributed by atoms with Crippen LogP contribution < -0.4 is 0 Å². The molecular weight excluding hydrogens is 290 g/mol. The van der Waals surface area contributed by atoms with Crippen LogP contribution in [0.4, 0.5) is 0 Å². The molecular formula is C16H18ClNO3. The van der Waals surface area contributed by atoms with E-state index in [0.29, 0.717) is 10.7 Å². The van der Waals surface area contributed by atoms with Gasteiger partial charge >= 0.3 is 5.97 Å². The molecule has 0 N–H and O–H groups in total. The summed E-state index contributed by atoms with van der Waals surface area (Å²) < 4.78 is 6.70. The SMILES string of the molecule is CCOC(=O)C(=O)c1c(C)c2cc(Cl)ccc2n1C(C)C. The largest absolute Gasteiger partial charge is 0.460 e. The third kappa shape index (κ3) is 2.68. The number of hydrogen-bond donors (Lipinski definition) is 0. The summed E-state index contributed by atoms with van der Waals surface area (Å²) >= 11 is 6.04. The molecule has 0 saturated heterocycles. The minimum atomic E-state index is -0.823. The summed E-state index contributed by atoms with van der Waals surface area (Å²) in [5.41, 5.74) is 2.01. The van der Waals surface area contributed by atoms with Crippen LogP contribution >= 0.6 is 11.6 Å². The highest BCUT2D eigenvalue weighted by Crippen LogP contribution is 2.31. The summed E-state index contributed by atoms with van der Waals surface area (Å²) in [4.78, 5) is 24.2. The van der Waals surface area contributed by atoms with Crippen molar-refractivity contribution in [3.05, 3.63) is 34.5 Å². The van der Waals surface area contributed by atoms with E-state index < -0.39 is 11.8 Å². The monoisotopic (exact) mass is 307 g/mol. The molecule has 1 heterocycles. The predicted molar refractivity (Wildman–Crippen MR) is 83.0 cm³/mol. The lowest BCUT2D eigenvalue weighted by Gasteiger charge is -2.14. The van der Waals surface area contributed by atoms with Crippen molar-refractivity contribution >= 4 is 34.3 Å². The van der Waals surface area contributed by atoms with Crippen LogP contribution in [0.25, 0.3) is 10.9 Å². The highest BCUT2D eigenvalue weighted by atomic mass is 35.5. The van der Waals surface area contributed by atoms with Gasteiger partial charge in [-0.1, -0.05) is 11.6 Å². The molecule has 1 aromatic carbocycles. The quantitative estimate of drug-likeness (QED) is 0.488. The first kappa shape index (κ1) is 15.6. The fourth-order valence-electron chi connectivity index (χ4n) is 2.56. The molecule has 21 heavy (non-hydrogen) atoms. The Labute approximate surface area is 128 Å². The molecule has 0 aliphatic rings. The zero-order chi connectivity index (χ0) is 15.7. The smallest absolute Gasteiger partial charge is 0.381 e. The number of Topliss-reactive ketones (excluding diaryl/α,β-unsaturated/α-hetero) is 1. The van der Waals surface area contributed by atoms with Gasteiger partial charge in [0.05, 0.1) is 6.61 Å². The first-order valence-corrected chi connectivity index (χ1v) is 7.27. The molecule has 0 saturated carbocycles. The molecule has 0 amide bonds. The molecule has 0 radical (unpaired) electrons. The highest BCUT2D eigenvalue weighted by molar-refractivity contribution is 6.41. The lowest BCUT2D eigenvalue weighted by Crippen LogP contribution is -2.22. The number of fused-ring (bicyclic) bond motifs is 1. The maximum atomic E-state index is 12.4. The van der Waals surface area contributed by atoms with Gasteiger partial charge in [-0.15, -0.1) is 0 Å². The molecule has 2 rings (SSSR count). The van der Waals surface area contributed by atoms with E-state index in [4.69, 9.17) is 16.3 Å². The Morgan fingerprint density at radius 3 is 2.57 bits per heavy atom. The van der Waals surface area contributed by atoms with E-state index in [1.165, 1.54) is 0 Å². The number of rotatable bonds is 4. The summed E-state index contributed by atoms with van der Waals surface area (Å²) in [6.07, 6.45) is 0. The number of carbonyl (C=O) groups is 2. The molecule has 2 aromatic rings. The summed E-state index contributed by atoms with van der Waals surface area (Å²) in [5, 5.41) is 1.48. The van der Waals surface area contributed by atoms with Crippen molar-refractivity contribution in [3.8, 4) is 0 Å². The topological polar surface area (TPSA) is 48.3 Å². The molecule has 1 aromatic heterocycles. The zero-order valence-corrected chi connectivity index (χ0v) is 13.3. The Balaban J connectivity index is 2.72. The molecule has 112 valence electrons. The number of esters is 1. The Hall–Kier alpha value is -1.81. The average molecular weight is 308 g/mol. The van der Waals surface area contributed by atoms with Gasteiger partial charge < -0.3 is 9.30 Å². The van der Waals surface area contributed by atoms with Crippen molar-refractivity contribution in [2.24, 2.45) is 0 Å². The summed E-state index contributed by atoms with van der Waals surface area (Å²) in [6, 6.07) is 5.50. The maximum absolute atomic E-state index is 12.4. The van der Waals surface area contributed by atoms with Crippen molar-refractivity contribution in [1.82, 2.24) is 4.57 Å². The molecule has 0 unspecified atom stereocenters. The van der Waals surface area contributed by atoms with Crippen molar-refractivity contribution in [3.63, 3.8) is 0 Å². The Kier molecular flexibility index (Phi) is 4.37. The molecule has 0 fully saturated rings. The number of benzene rings is 1. The predicted octanol–water partition coefficient (Wildman–Crippen LogP) is 3.93. The minimum Gasteiger partial charge on any atom is -0.460 e. The van der Waals surface area contributed by atoms with Gasteiger partial charge in [0.2, 0.25) is 0 Å². The molecule has 0 aliphatic heterocycles. The minimum absolute atomic E-state index is 0.0377. The van der Waals surface area contributed by atoms with Crippen molar-refractivity contribution < 1.29 is 14.3 Å². The van der Waals surface area contributed by atoms with Gasteiger partial charge in [0.1, 0.15) is 5.69 Å². The van der Waals surface area contributed by atoms with Gasteiger partial charge in [0.15, 0.2) is 0 Å². The fourth-order valence-corrected chi connectivity index (χ4v) is 2.73. The Morgan fingerprint density at radius 2 is 2.00 bits per heavy atom. The van der Waals surface area contributed by atoms with Gasteiger partial charge in [-0.2, -0.15) is 0 Å². The van der Waals surface area contributed by atoms with Crippen LogP contribution in [0.3, 0.4) is 0 Å². The number of carbonyl (C=O) groups excluding carboxylic acids is 2. The first-order chi connectivity index (χ1) is 9.88. The van der Waals surface area contributed by atoms with Crippen molar-refractivity contribution in [2.45, 2.75) is 33.7 Å². The molecule has 0 spiro atoms. The lowest BCUT2D eigenvalue weighted by atomic mass is 10.1. The van der Waals surface area contributed by atoms with E-state index in [-0.39, 0.29) is 12.6 Å². The van der Waals surface area contributed by atoms with Crippen molar-refractivity contribution in [2.75, 3.05) is 6.61 Å². The van der Waals surface area contributed by atoms with E-state index in [0.717, 1.165) is 16.5 Å². The van der Waals surface area contributed by atoms with Crippen LogP contribution in [0.5, 0.6) is 0 Å². The van der Waals surface area contributed by atoms with Crippen LogP contribution in [0.1, 0.15) is 42.9 Å². The average Bonchev–Trinajstić information content (AvgIpc) is 2.71. The number of aromatic nitrogens is 1. The van der Waals surface area contributed by atoms with Gasteiger partial charge in [-0.3, -0.25) is 4.79 Å². The second kappa shape index (κ2) is 5.90. The second-order valence-electron chi connectivity index (χ2n) is 5.15. The second-order valence-corrected chi connectivity index (χ2v) is 5.58. The zero-order valence-electron chi connectivity index (χ0n) is 12.6. The van der Waals surface area contributed by atoms with Crippen molar-refractivity contribution in [1.29, 1.82) is 0 Å². The Bertz CT molecular complexity index is 716. The standard InChI is InChI=1S/C16H18ClNO3/c1-5-21-16(20)15(19)14-10(4)12-8-11(17)6-7-13(12)18(14)9(2)3/h6-9H,5H2,1-4H3. The van der Waals surface area contributed by atoms with E-state index in [9.17, 15) is 9.59 Å².